The van der Waals surface area contributed by atoms with Crippen molar-refractivity contribution in [2.24, 2.45) is 0 Å². The molecule has 1 rings (SSSR count). The minimum Gasteiger partial charge on any atom is -0.496 e. The quantitative estimate of drug-likeness (QED) is 0.750. The fourth-order valence-corrected chi connectivity index (χ4v) is 2.08. The third kappa shape index (κ3) is 4.83. The highest BCUT2D eigenvalue weighted by Gasteiger charge is 2.07. The Bertz CT molecular complexity index is 358. The van der Waals surface area contributed by atoms with Crippen molar-refractivity contribution in [2.75, 3.05) is 33.5 Å². The summed E-state index contributed by atoms with van der Waals surface area (Å²) in [6, 6.07) is 3.66. The summed E-state index contributed by atoms with van der Waals surface area (Å²) in [6.45, 7) is 1.22. The summed E-state index contributed by atoms with van der Waals surface area (Å²) in [7, 11) is 1.61. The van der Waals surface area contributed by atoms with Crippen molar-refractivity contribution in [1.29, 1.82) is 0 Å². The standard InChI is InChI=1S/C11H14Br2O4/c1-15-10-6-9(13)11(7-8(10)12)17-5-4-16-3-2-14/h6-7,14H,2-5H2,1H3. The van der Waals surface area contributed by atoms with Crippen molar-refractivity contribution in [1.82, 2.24) is 0 Å². The zero-order chi connectivity index (χ0) is 12.7. The van der Waals surface area contributed by atoms with Crippen LogP contribution in [0.15, 0.2) is 21.1 Å². The number of hydrogen-bond donors (Lipinski definition) is 1. The summed E-state index contributed by atoms with van der Waals surface area (Å²) in [5.74, 6) is 1.45. The van der Waals surface area contributed by atoms with E-state index in [2.05, 4.69) is 31.9 Å². The van der Waals surface area contributed by atoms with E-state index in [9.17, 15) is 0 Å². The molecule has 0 radical (unpaired) electrons. The number of halogens is 2. The zero-order valence-electron chi connectivity index (χ0n) is 9.41. The molecule has 0 fully saturated rings. The molecule has 0 atom stereocenters. The number of ether oxygens (including phenoxy) is 3. The van der Waals surface area contributed by atoms with Crippen LogP contribution in [-0.4, -0.2) is 38.6 Å². The fraction of sp³-hybridized carbons (Fsp3) is 0.455. The summed E-state index contributed by atoms with van der Waals surface area (Å²) in [6.07, 6.45) is 0. The SMILES string of the molecule is COc1cc(Br)c(OCCOCCO)cc1Br. The maximum absolute atomic E-state index is 8.53. The predicted molar refractivity (Wildman–Crippen MR) is 71.8 cm³/mol. The van der Waals surface area contributed by atoms with Crippen LogP contribution < -0.4 is 9.47 Å². The van der Waals surface area contributed by atoms with Crippen molar-refractivity contribution in [3.63, 3.8) is 0 Å². The van der Waals surface area contributed by atoms with Gasteiger partial charge in [0, 0.05) is 0 Å². The Balaban J connectivity index is 2.51. The first-order chi connectivity index (χ1) is 8.19. The fourth-order valence-electron chi connectivity index (χ4n) is 1.15. The lowest BCUT2D eigenvalue weighted by atomic mass is 10.3. The molecule has 0 unspecified atom stereocenters. The molecule has 0 saturated heterocycles. The van der Waals surface area contributed by atoms with Gasteiger partial charge in [0.25, 0.3) is 0 Å². The highest BCUT2D eigenvalue weighted by molar-refractivity contribution is 9.11. The Labute approximate surface area is 117 Å². The molecular weight excluding hydrogens is 356 g/mol. The van der Waals surface area contributed by atoms with E-state index < -0.39 is 0 Å². The van der Waals surface area contributed by atoms with Crippen molar-refractivity contribution in [3.8, 4) is 11.5 Å². The third-order valence-corrected chi connectivity index (χ3v) is 3.17. The lowest BCUT2D eigenvalue weighted by Gasteiger charge is -2.11. The van der Waals surface area contributed by atoms with Gasteiger partial charge in [-0.3, -0.25) is 0 Å². The van der Waals surface area contributed by atoms with Crippen molar-refractivity contribution < 1.29 is 19.3 Å². The van der Waals surface area contributed by atoms with Crippen molar-refractivity contribution >= 4 is 31.9 Å². The number of aliphatic hydroxyl groups is 1. The average Bonchev–Trinajstić information content (AvgIpc) is 2.32. The number of benzene rings is 1. The Kier molecular flexibility index (Phi) is 6.87. The summed E-state index contributed by atoms with van der Waals surface area (Å²) in [5, 5.41) is 8.53. The van der Waals surface area contributed by atoms with Gasteiger partial charge in [0.05, 0.1) is 35.9 Å². The number of hydrogen-bond acceptors (Lipinski definition) is 4. The van der Waals surface area contributed by atoms with E-state index in [1.165, 1.54) is 0 Å². The molecule has 96 valence electrons. The molecule has 0 amide bonds. The second-order valence-corrected chi connectivity index (χ2v) is 4.81. The van der Waals surface area contributed by atoms with Gasteiger partial charge in [-0.15, -0.1) is 0 Å². The van der Waals surface area contributed by atoms with Crippen LogP contribution in [0, 0.1) is 0 Å². The minimum atomic E-state index is 0.0256. The summed E-state index contributed by atoms with van der Waals surface area (Å²) in [4.78, 5) is 0. The Morgan fingerprint density at radius 1 is 1.06 bits per heavy atom. The molecule has 0 aromatic heterocycles. The largest absolute Gasteiger partial charge is 0.496 e. The number of methoxy groups -OCH3 is 1. The minimum absolute atomic E-state index is 0.0256. The maximum Gasteiger partial charge on any atom is 0.134 e. The summed E-state index contributed by atoms with van der Waals surface area (Å²) >= 11 is 6.78. The Morgan fingerprint density at radius 2 is 1.71 bits per heavy atom. The smallest absolute Gasteiger partial charge is 0.134 e. The average molecular weight is 370 g/mol. The first kappa shape index (κ1) is 14.8. The molecule has 1 aromatic carbocycles. The summed E-state index contributed by atoms with van der Waals surface area (Å²) < 4.78 is 17.4. The molecule has 0 aliphatic heterocycles. The van der Waals surface area contributed by atoms with E-state index in [4.69, 9.17) is 19.3 Å². The van der Waals surface area contributed by atoms with Gasteiger partial charge in [-0.2, -0.15) is 0 Å². The molecule has 1 N–H and O–H groups in total. The topological polar surface area (TPSA) is 47.9 Å². The van der Waals surface area contributed by atoms with Crippen LogP contribution in [-0.2, 0) is 4.74 Å². The van der Waals surface area contributed by atoms with E-state index in [0.717, 1.165) is 14.7 Å². The highest BCUT2D eigenvalue weighted by Crippen LogP contribution is 2.35. The Hall–Kier alpha value is -0.300. The Morgan fingerprint density at radius 3 is 2.35 bits per heavy atom. The van der Waals surface area contributed by atoms with E-state index in [0.29, 0.717) is 25.6 Å². The van der Waals surface area contributed by atoms with Crippen molar-refractivity contribution in [3.05, 3.63) is 21.1 Å². The molecule has 0 bridgehead atoms. The molecule has 0 aliphatic rings. The lowest BCUT2D eigenvalue weighted by molar-refractivity contribution is 0.0703. The molecule has 17 heavy (non-hydrogen) atoms. The van der Waals surface area contributed by atoms with Gasteiger partial charge >= 0.3 is 0 Å². The van der Waals surface area contributed by atoms with Gasteiger partial charge in [0.2, 0.25) is 0 Å². The van der Waals surface area contributed by atoms with Crippen molar-refractivity contribution in [2.45, 2.75) is 0 Å². The molecule has 0 aliphatic carbocycles. The van der Waals surface area contributed by atoms with Gasteiger partial charge in [-0.1, -0.05) is 0 Å². The predicted octanol–water partition coefficient (Wildman–Crippen LogP) is 2.61. The van der Waals surface area contributed by atoms with E-state index in [1.807, 2.05) is 12.1 Å². The van der Waals surface area contributed by atoms with Crippen LogP contribution >= 0.6 is 31.9 Å². The van der Waals surface area contributed by atoms with Crippen LogP contribution in [0.1, 0.15) is 0 Å². The van der Waals surface area contributed by atoms with Gasteiger partial charge in [0.15, 0.2) is 0 Å². The lowest BCUT2D eigenvalue weighted by Crippen LogP contribution is -2.09. The normalized spacial score (nSPS) is 10.4. The van der Waals surface area contributed by atoms with Crippen LogP contribution in [0.3, 0.4) is 0 Å². The second kappa shape index (κ2) is 7.92. The number of rotatable bonds is 7. The van der Waals surface area contributed by atoms with Crippen LogP contribution in [0.25, 0.3) is 0 Å². The van der Waals surface area contributed by atoms with Crippen LogP contribution in [0.4, 0.5) is 0 Å². The van der Waals surface area contributed by atoms with Gasteiger partial charge in [-0.05, 0) is 44.0 Å². The molecule has 0 saturated carbocycles. The van der Waals surface area contributed by atoms with E-state index in [1.54, 1.807) is 7.11 Å². The van der Waals surface area contributed by atoms with Crippen LogP contribution in [0.2, 0.25) is 0 Å². The molecular formula is C11H14Br2O4. The first-order valence-corrected chi connectivity index (χ1v) is 6.62. The van der Waals surface area contributed by atoms with E-state index in [-0.39, 0.29) is 6.61 Å². The molecule has 0 spiro atoms. The van der Waals surface area contributed by atoms with Crippen LogP contribution in [0.5, 0.6) is 11.5 Å². The van der Waals surface area contributed by atoms with Gasteiger partial charge in [-0.25, -0.2) is 0 Å². The van der Waals surface area contributed by atoms with Gasteiger partial charge in [0.1, 0.15) is 18.1 Å². The summed E-state index contributed by atoms with van der Waals surface area (Å²) in [5.41, 5.74) is 0. The molecule has 0 heterocycles. The first-order valence-electron chi connectivity index (χ1n) is 5.03. The maximum atomic E-state index is 8.53. The highest BCUT2D eigenvalue weighted by atomic mass is 79.9. The molecule has 4 nitrogen and oxygen atoms in total. The zero-order valence-corrected chi connectivity index (χ0v) is 12.6. The van der Waals surface area contributed by atoms with E-state index >= 15 is 0 Å². The second-order valence-electron chi connectivity index (χ2n) is 3.10. The third-order valence-electron chi connectivity index (χ3n) is 1.93. The van der Waals surface area contributed by atoms with Gasteiger partial charge < -0.3 is 19.3 Å². The monoisotopic (exact) mass is 368 g/mol. The molecule has 1 aromatic rings. The molecule has 6 heteroatoms. The number of aliphatic hydroxyl groups excluding tert-OH is 1.